The smallest absolute Gasteiger partial charge is 0.226 e. The highest BCUT2D eigenvalue weighted by Crippen LogP contribution is 2.32. The van der Waals surface area contributed by atoms with E-state index in [-0.39, 0.29) is 34.8 Å². The fraction of sp³-hybridized carbons (Fsp3) is 0.263. The van der Waals surface area contributed by atoms with Crippen LogP contribution in [0.3, 0.4) is 0 Å². The van der Waals surface area contributed by atoms with E-state index in [1.165, 1.54) is 22.6 Å². The van der Waals surface area contributed by atoms with E-state index in [2.05, 4.69) is 10.3 Å². The fourth-order valence-corrected chi connectivity index (χ4v) is 2.70. The first-order chi connectivity index (χ1) is 12.1. The molecule has 0 aliphatic heterocycles. The van der Waals surface area contributed by atoms with Crippen LogP contribution in [-0.2, 0) is 4.79 Å². The number of halogens is 3. The van der Waals surface area contributed by atoms with Crippen LogP contribution >= 0.6 is 0 Å². The highest BCUT2D eigenvalue weighted by Gasteiger charge is 2.22. The minimum atomic E-state index is -0.831. The Morgan fingerprint density at radius 3 is 2.46 bits per heavy atom. The molecule has 0 saturated carbocycles. The molecule has 0 bridgehead atoms. The van der Waals surface area contributed by atoms with Crippen molar-refractivity contribution in [1.82, 2.24) is 9.38 Å². The van der Waals surface area contributed by atoms with E-state index in [1.807, 2.05) is 20.8 Å². The third-order valence-electron chi connectivity index (χ3n) is 3.72. The normalized spacial score (nSPS) is 11.8. The molecular weight excluding hydrogens is 343 g/mol. The Bertz CT molecular complexity index is 990. The molecule has 3 aromatic rings. The zero-order chi connectivity index (χ0) is 19.1. The lowest BCUT2D eigenvalue weighted by Gasteiger charge is -2.17. The number of amides is 1. The van der Waals surface area contributed by atoms with Crippen LogP contribution in [0.15, 0.2) is 36.5 Å². The molecule has 0 unspecified atom stereocenters. The Morgan fingerprint density at radius 2 is 1.81 bits per heavy atom. The van der Waals surface area contributed by atoms with Gasteiger partial charge in [-0.2, -0.15) is 0 Å². The summed E-state index contributed by atoms with van der Waals surface area (Å²) in [5, 5.41) is 2.66. The van der Waals surface area contributed by atoms with Gasteiger partial charge in [-0.05, 0) is 29.7 Å². The standard InChI is InChI=1S/C19H18F3N3O/c1-19(2,3)9-16(26)24-18-17(13-6-4-11(20)8-14(13)22)25-10-12(21)5-7-15(25)23-18/h4-8,10H,9H2,1-3H3,(H,24,26). The van der Waals surface area contributed by atoms with Crippen molar-refractivity contribution in [3.05, 3.63) is 54.0 Å². The molecule has 136 valence electrons. The van der Waals surface area contributed by atoms with Gasteiger partial charge in [-0.1, -0.05) is 20.8 Å². The number of hydrogen-bond acceptors (Lipinski definition) is 2. The molecule has 1 amide bonds. The predicted octanol–water partition coefficient (Wildman–Crippen LogP) is 4.79. The van der Waals surface area contributed by atoms with Crippen molar-refractivity contribution in [1.29, 1.82) is 0 Å². The van der Waals surface area contributed by atoms with Crippen LogP contribution in [0.1, 0.15) is 27.2 Å². The zero-order valence-corrected chi connectivity index (χ0v) is 14.6. The largest absolute Gasteiger partial charge is 0.309 e. The maximum atomic E-state index is 14.3. The third-order valence-corrected chi connectivity index (χ3v) is 3.72. The summed E-state index contributed by atoms with van der Waals surface area (Å²) in [7, 11) is 0. The van der Waals surface area contributed by atoms with Crippen molar-refractivity contribution in [3.8, 4) is 11.3 Å². The maximum Gasteiger partial charge on any atom is 0.226 e. The number of pyridine rings is 1. The van der Waals surface area contributed by atoms with E-state index < -0.39 is 17.5 Å². The molecule has 1 aromatic carbocycles. The molecule has 3 rings (SSSR count). The van der Waals surface area contributed by atoms with Gasteiger partial charge in [0.1, 0.15) is 28.8 Å². The van der Waals surface area contributed by atoms with Gasteiger partial charge >= 0.3 is 0 Å². The van der Waals surface area contributed by atoms with Crippen LogP contribution in [-0.4, -0.2) is 15.3 Å². The van der Waals surface area contributed by atoms with Crippen molar-refractivity contribution in [3.63, 3.8) is 0 Å². The summed E-state index contributed by atoms with van der Waals surface area (Å²) in [5.74, 6) is -2.32. The van der Waals surface area contributed by atoms with Gasteiger partial charge in [0.2, 0.25) is 5.91 Å². The number of aromatic nitrogens is 2. The predicted molar refractivity (Wildman–Crippen MR) is 93.2 cm³/mol. The van der Waals surface area contributed by atoms with E-state index >= 15 is 0 Å². The third kappa shape index (κ3) is 3.71. The Hall–Kier alpha value is -2.83. The summed E-state index contributed by atoms with van der Waals surface area (Å²) < 4.78 is 42.6. The van der Waals surface area contributed by atoms with E-state index in [4.69, 9.17) is 0 Å². The molecule has 0 aliphatic carbocycles. The van der Waals surface area contributed by atoms with Crippen molar-refractivity contribution < 1.29 is 18.0 Å². The number of imidazole rings is 1. The molecular formula is C19H18F3N3O. The minimum absolute atomic E-state index is 0.00978. The zero-order valence-electron chi connectivity index (χ0n) is 14.6. The Labute approximate surface area is 148 Å². The average molecular weight is 361 g/mol. The van der Waals surface area contributed by atoms with Crippen molar-refractivity contribution in [2.75, 3.05) is 5.32 Å². The second kappa shape index (κ2) is 6.48. The van der Waals surface area contributed by atoms with Crippen molar-refractivity contribution in [2.45, 2.75) is 27.2 Å². The fourth-order valence-electron chi connectivity index (χ4n) is 2.70. The van der Waals surface area contributed by atoms with Crippen LogP contribution < -0.4 is 5.32 Å². The molecule has 26 heavy (non-hydrogen) atoms. The SMILES string of the molecule is CC(C)(C)CC(=O)Nc1nc2ccc(F)cn2c1-c1ccc(F)cc1F. The first kappa shape index (κ1) is 18.0. The lowest BCUT2D eigenvalue weighted by Crippen LogP contribution is -2.20. The summed E-state index contributed by atoms with van der Waals surface area (Å²) in [4.78, 5) is 16.6. The quantitative estimate of drug-likeness (QED) is 0.729. The lowest BCUT2D eigenvalue weighted by atomic mass is 9.92. The van der Waals surface area contributed by atoms with E-state index in [0.29, 0.717) is 5.65 Å². The van der Waals surface area contributed by atoms with Crippen LogP contribution in [0, 0.1) is 22.9 Å². The number of benzene rings is 1. The monoisotopic (exact) mass is 361 g/mol. The Morgan fingerprint density at radius 1 is 1.12 bits per heavy atom. The summed E-state index contributed by atoms with van der Waals surface area (Å²) in [6, 6.07) is 5.69. The topological polar surface area (TPSA) is 46.4 Å². The first-order valence-corrected chi connectivity index (χ1v) is 8.07. The van der Waals surface area contributed by atoms with Crippen LogP contribution in [0.4, 0.5) is 19.0 Å². The Balaban J connectivity index is 2.15. The Kier molecular flexibility index (Phi) is 4.48. The van der Waals surface area contributed by atoms with Gasteiger partial charge < -0.3 is 5.32 Å². The summed E-state index contributed by atoms with van der Waals surface area (Å²) in [6.45, 7) is 5.73. The van der Waals surface area contributed by atoms with Crippen LogP contribution in [0.2, 0.25) is 0 Å². The molecule has 1 N–H and O–H groups in total. The first-order valence-electron chi connectivity index (χ1n) is 8.07. The second-order valence-corrected chi connectivity index (χ2v) is 7.29. The minimum Gasteiger partial charge on any atom is -0.309 e. The maximum absolute atomic E-state index is 14.3. The number of carbonyl (C=O) groups is 1. The number of rotatable bonds is 3. The molecule has 0 atom stereocenters. The number of nitrogens with one attached hydrogen (secondary N) is 1. The number of anilines is 1. The van der Waals surface area contributed by atoms with Crippen molar-refractivity contribution in [2.24, 2.45) is 5.41 Å². The highest BCUT2D eigenvalue weighted by atomic mass is 19.1. The van der Waals surface area contributed by atoms with E-state index in [9.17, 15) is 18.0 Å². The molecule has 0 aliphatic rings. The van der Waals surface area contributed by atoms with Gasteiger partial charge in [-0.3, -0.25) is 9.20 Å². The molecule has 0 spiro atoms. The lowest BCUT2D eigenvalue weighted by molar-refractivity contribution is -0.117. The van der Waals surface area contributed by atoms with E-state index in [0.717, 1.165) is 18.3 Å². The average Bonchev–Trinajstić information content (AvgIpc) is 2.82. The summed E-state index contributed by atoms with van der Waals surface area (Å²) in [5.41, 5.74) is 0.238. The summed E-state index contributed by atoms with van der Waals surface area (Å²) >= 11 is 0. The molecule has 4 nitrogen and oxygen atoms in total. The van der Waals surface area contributed by atoms with Gasteiger partial charge in [-0.25, -0.2) is 18.2 Å². The number of carbonyl (C=O) groups excluding carboxylic acids is 1. The number of nitrogens with zero attached hydrogens (tertiary/aromatic N) is 2. The van der Waals surface area contributed by atoms with Gasteiger partial charge in [0.15, 0.2) is 5.82 Å². The van der Waals surface area contributed by atoms with Gasteiger partial charge in [0.25, 0.3) is 0 Å². The van der Waals surface area contributed by atoms with Crippen molar-refractivity contribution >= 4 is 17.4 Å². The number of fused-ring (bicyclic) bond motifs is 1. The number of hydrogen-bond donors (Lipinski definition) is 1. The summed E-state index contributed by atoms with van der Waals surface area (Å²) in [6.07, 6.45) is 1.36. The molecule has 2 heterocycles. The van der Waals surface area contributed by atoms with Crippen LogP contribution in [0.5, 0.6) is 0 Å². The molecule has 0 saturated heterocycles. The molecule has 0 radical (unpaired) electrons. The molecule has 7 heteroatoms. The van der Waals surface area contributed by atoms with Gasteiger partial charge in [0.05, 0.1) is 0 Å². The second-order valence-electron chi connectivity index (χ2n) is 7.29. The van der Waals surface area contributed by atoms with Gasteiger partial charge in [0, 0.05) is 24.2 Å². The van der Waals surface area contributed by atoms with E-state index in [1.54, 1.807) is 0 Å². The van der Waals surface area contributed by atoms with Gasteiger partial charge in [-0.15, -0.1) is 0 Å². The molecule has 2 aromatic heterocycles. The van der Waals surface area contributed by atoms with Crippen LogP contribution in [0.25, 0.3) is 16.9 Å². The molecule has 0 fully saturated rings. The highest BCUT2D eigenvalue weighted by molar-refractivity contribution is 5.94.